The predicted molar refractivity (Wildman–Crippen MR) is 54.9 cm³/mol. The van der Waals surface area contributed by atoms with Crippen molar-refractivity contribution in [3.63, 3.8) is 0 Å². The molecule has 4 heteroatoms. The molecule has 0 radical (unpaired) electrons. The summed E-state index contributed by atoms with van der Waals surface area (Å²) >= 11 is 0. The maximum atomic E-state index is 4.29. The van der Waals surface area contributed by atoms with E-state index in [0.29, 0.717) is 5.41 Å². The minimum atomic E-state index is 0.454. The second-order valence-electron chi connectivity index (χ2n) is 4.33. The average molecular weight is 194 g/mol. The molecule has 0 amide bonds. The van der Waals surface area contributed by atoms with E-state index in [1.165, 1.54) is 12.8 Å². The molecule has 1 saturated heterocycles. The van der Waals surface area contributed by atoms with Crippen LogP contribution in [0.4, 0.5) is 0 Å². The van der Waals surface area contributed by atoms with Crippen LogP contribution in [0.25, 0.3) is 0 Å². The predicted octanol–water partition coefficient (Wildman–Crippen LogP) is 0.747. The van der Waals surface area contributed by atoms with E-state index in [2.05, 4.69) is 22.3 Å². The highest BCUT2D eigenvalue weighted by atomic mass is 15.3. The Labute approximate surface area is 84.7 Å². The van der Waals surface area contributed by atoms with Gasteiger partial charge in [-0.2, -0.15) is 5.10 Å². The van der Waals surface area contributed by atoms with Gasteiger partial charge in [-0.15, -0.1) is 0 Å². The molecule has 0 aliphatic carbocycles. The van der Waals surface area contributed by atoms with Gasteiger partial charge in [-0.3, -0.25) is 4.68 Å². The summed E-state index contributed by atoms with van der Waals surface area (Å²) in [5, 5.41) is 7.47. The van der Waals surface area contributed by atoms with Crippen molar-refractivity contribution in [1.29, 1.82) is 0 Å². The molecule has 1 fully saturated rings. The van der Waals surface area contributed by atoms with E-state index in [9.17, 15) is 0 Å². The zero-order chi connectivity index (χ0) is 10.0. The molecule has 2 rings (SSSR count). The van der Waals surface area contributed by atoms with Gasteiger partial charge in [0.1, 0.15) is 12.2 Å². The molecule has 0 atom stereocenters. The summed E-state index contributed by atoms with van der Waals surface area (Å²) in [6.07, 6.45) is 5.23. The van der Waals surface area contributed by atoms with E-state index in [0.717, 1.165) is 25.3 Å². The lowest BCUT2D eigenvalue weighted by atomic mass is 9.75. The molecule has 1 N–H and O–H groups in total. The monoisotopic (exact) mass is 194 g/mol. The fourth-order valence-corrected chi connectivity index (χ4v) is 2.21. The van der Waals surface area contributed by atoms with Crippen molar-refractivity contribution in [3.05, 3.63) is 12.2 Å². The lowest BCUT2D eigenvalue weighted by Crippen LogP contribution is -2.54. The molecule has 14 heavy (non-hydrogen) atoms. The number of nitrogens with zero attached hydrogens (tertiary/aromatic N) is 3. The van der Waals surface area contributed by atoms with Crippen LogP contribution in [-0.2, 0) is 13.5 Å². The Balaban J connectivity index is 2.05. The summed E-state index contributed by atoms with van der Waals surface area (Å²) in [5.41, 5.74) is 0.454. The van der Waals surface area contributed by atoms with E-state index < -0.39 is 0 Å². The highest BCUT2D eigenvalue weighted by Gasteiger charge is 2.37. The smallest absolute Gasteiger partial charge is 0.138 e. The topological polar surface area (TPSA) is 42.7 Å². The fourth-order valence-electron chi connectivity index (χ4n) is 2.21. The Morgan fingerprint density at radius 2 is 2.36 bits per heavy atom. The van der Waals surface area contributed by atoms with Crippen molar-refractivity contribution in [1.82, 2.24) is 20.1 Å². The Morgan fingerprint density at radius 1 is 1.57 bits per heavy atom. The molecular formula is C10H18N4. The molecular weight excluding hydrogens is 176 g/mol. The largest absolute Gasteiger partial charge is 0.316 e. The molecule has 0 spiro atoms. The minimum absolute atomic E-state index is 0.454. The summed E-state index contributed by atoms with van der Waals surface area (Å²) in [4.78, 5) is 4.29. The number of aryl methyl sites for hydroxylation is 1. The van der Waals surface area contributed by atoms with Crippen molar-refractivity contribution < 1.29 is 0 Å². The molecule has 1 aromatic rings. The van der Waals surface area contributed by atoms with Crippen molar-refractivity contribution >= 4 is 0 Å². The molecule has 1 aliphatic heterocycles. The van der Waals surface area contributed by atoms with Gasteiger partial charge in [-0.1, -0.05) is 13.3 Å². The first-order valence-electron chi connectivity index (χ1n) is 5.29. The van der Waals surface area contributed by atoms with Crippen LogP contribution >= 0.6 is 0 Å². The molecule has 0 aromatic carbocycles. The Bertz CT molecular complexity index is 301. The van der Waals surface area contributed by atoms with Gasteiger partial charge >= 0.3 is 0 Å². The first kappa shape index (κ1) is 9.65. The van der Waals surface area contributed by atoms with Crippen LogP contribution in [0.5, 0.6) is 0 Å². The third kappa shape index (κ3) is 1.66. The molecule has 78 valence electrons. The second kappa shape index (κ2) is 3.69. The zero-order valence-electron chi connectivity index (χ0n) is 8.95. The van der Waals surface area contributed by atoms with Crippen LogP contribution in [0.2, 0.25) is 0 Å². The van der Waals surface area contributed by atoms with E-state index in [4.69, 9.17) is 0 Å². The standard InChI is InChI=1S/C10H18N4/c1-3-4-10(6-11-7-10)5-9-12-8-13-14(9)2/h8,11H,3-7H2,1-2H3. The number of nitrogens with one attached hydrogen (secondary N) is 1. The van der Waals surface area contributed by atoms with Crippen molar-refractivity contribution in [2.75, 3.05) is 13.1 Å². The third-order valence-corrected chi connectivity index (χ3v) is 3.12. The Kier molecular flexibility index (Phi) is 2.54. The van der Waals surface area contributed by atoms with Gasteiger partial charge in [0.25, 0.3) is 0 Å². The lowest BCUT2D eigenvalue weighted by Gasteiger charge is -2.42. The van der Waals surface area contributed by atoms with Crippen LogP contribution in [0.3, 0.4) is 0 Å². The first-order chi connectivity index (χ1) is 6.76. The second-order valence-corrected chi connectivity index (χ2v) is 4.33. The summed E-state index contributed by atoms with van der Waals surface area (Å²) < 4.78 is 1.88. The maximum Gasteiger partial charge on any atom is 0.138 e. The van der Waals surface area contributed by atoms with E-state index >= 15 is 0 Å². The van der Waals surface area contributed by atoms with Gasteiger partial charge in [-0.05, 0) is 6.42 Å². The van der Waals surface area contributed by atoms with Crippen molar-refractivity contribution in [2.24, 2.45) is 12.5 Å². The maximum absolute atomic E-state index is 4.29. The number of hydrogen-bond donors (Lipinski definition) is 1. The lowest BCUT2D eigenvalue weighted by molar-refractivity contribution is 0.146. The normalized spacial score (nSPS) is 19.3. The van der Waals surface area contributed by atoms with Gasteiger partial charge in [0.2, 0.25) is 0 Å². The van der Waals surface area contributed by atoms with Gasteiger partial charge in [0, 0.05) is 32.0 Å². The summed E-state index contributed by atoms with van der Waals surface area (Å²) in [5.74, 6) is 1.11. The van der Waals surface area contributed by atoms with Gasteiger partial charge in [0.05, 0.1) is 0 Å². The average Bonchev–Trinajstić information content (AvgIpc) is 2.48. The summed E-state index contributed by atoms with van der Waals surface area (Å²) in [6, 6.07) is 0. The quantitative estimate of drug-likeness (QED) is 0.769. The van der Waals surface area contributed by atoms with Crippen LogP contribution in [0, 0.1) is 5.41 Å². The summed E-state index contributed by atoms with van der Waals surface area (Å²) in [6.45, 7) is 4.51. The zero-order valence-corrected chi connectivity index (χ0v) is 8.95. The molecule has 1 aromatic heterocycles. The summed E-state index contributed by atoms with van der Waals surface area (Å²) in [7, 11) is 1.97. The van der Waals surface area contributed by atoms with Gasteiger partial charge in [-0.25, -0.2) is 4.98 Å². The molecule has 2 heterocycles. The van der Waals surface area contributed by atoms with Crippen LogP contribution in [-0.4, -0.2) is 27.9 Å². The Morgan fingerprint density at radius 3 is 2.79 bits per heavy atom. The van der Waals surface area contributed by atoms with E-state index in [-0.39, 0.29) is 0 Å². The van der Waals surface area contributed by atoms with Gasteiger partial charge in [0.15, 0.2) is 0 Å². The van der Waals surface area contributed by atoms with Crippen LogP contribution < -0.4 is 5.32 Å². The van der Waals surface area contributed by atoms with Crippen molar-refractivity contribution in [3.8, 4) is 0 Å². The fraction of sp³-hybridized carbons (Fsp3) is 0.800. The van der Waals surface area contributed by atoms with Crippen molar-refractivity contribution in [2.45, 2.75) is 26.2 Å². The number of aromatic nitrogens is 3. The number of hydrogen-bond acceptors (Lipinski definition) is 3. The molecule has 4 nitrogen and oxygen atoms in total. The highest BCUT2D eigenvalue weighted by Crippen LogP contribution is 2.31. The molecule has 0 unspecified atom stereocenters. The minimum Gasteiger partial charge on any atom is -0.316 e. The molecule has 0 bridgehead atoms. The van der Waals surface area contributed by atoms with Crippen LogP contribution in [0.15, 0.2) is 6.33 Å². The van der Waals surface area contributed by atoms with Crippen LogP contribution in [0.1, 0.15) is 25.6 Å². The molecule has 1 aliphatic rings. The SMILES string of the molecule is CCCC1(Cc2ncnn2C)CNC1. The Hall–Kier alpha value is -0.900. The number of rotatable bonds is 4. The third-order valence-electron chi connectivity index (χ3n) is 3.12. The van der Waals surface area contributed by atoms with Gasteiger partial charge < -0.3 is 5.32 Å². The van der Waals surface area contributed by atoms with E-state index in [1.54, 1.807) is 6.33 Å². The first-order valence-corrected chi connectivity index (χ1v) is 5.29. The highest BCUT2D eigenvalue weighted by molar-refractivity contribution is 5.00. The van der Waals surface area contributed by atoms with E-state index in [1.807, 2.05) is 11.7 Å². The molecule has 0 saturated carbocycles.